The van der Waals surface area contributed by atoms with Crippen molar-refractivity contribution in [1.29, 1.82) is 0 Å². The summed E-state index contributed by atoms with van der Waals surface area (Å²) in [6.45, 7) is 1.30. The number of halogens is 2. The lowest BCUT2D eigenvalue weighted by Crippen LogP contribution is -2.33. The highest BCUT2D eigenvalue weighted by molar-refractivity contribution is 6.44. The number of nitrogens with zero attached hydrogens (tertiary/aromatic N) is 2. The predicted molar refractivity (Wildman–Crippen MR) is 64.7 cm³/mol. The van der Waals surface area contributed by atoms with Gasteiger partial charge in [-0.25, -0.2) is 9.18 Å². The third-order valence-electron chi connectivity index (χ3n) is 2.83. The normalized spacial score (nSPS) is 15.6. The Morgan fingerprint density at radius 2 is 1.79 bits per heavy atom. The summed E-state index contributed by atoms with van der Waals surface area (Å²) in [6, 6.07) is 3.28. The fourth-order valence-corrected chi connectivity index (χ4v) is 2.03. The number of carbonyl (C=O) groups is 3. The number of imide groups is 2. The highest BCUT2D eigenvalue weighted by Crippen LogP contribution is 2.23. The molecule has 0 radical (unpaired) electrons. The van der Waals surface area contributed by atoms with Crippen molar-refractivity contribution >= 4 is 29.4 Å². The third kappa shape index (κ3) is 2.19. The molecule has 1 saturated heterocycles. The number of hydrogen-bond donors (Lipinski definition) is 0. The summed E-state index contributed by atoms with van der Waals surface area (Å²) >= 11 is 5.82. The van der Waals surface area contributed by atoms with Gasteiger partial charge >= 0.3 is 17.8 Å². The molecule has 0 bridgehead atoms. The smallest absolute Gasteiger partial charge is 0.263 e. The van der Waals surface area contributed by atoms with Crippen molar-refractivity contribution in [2.45, 2.75) is 13.5 Å². The molecular formula is C12H10ClFN2O3. The van der Waals surface area contributed by atoms with Crippen LogP contribution in [0.4, 0.5) is 9.18 Å². The molecule has 7 heteroatoms. The molecule has 2 rings (SSSR count). The van der Waals surface area contributed by atoms with Gasteiger partial charge in [0.1, 0.15) is 5.82 Å². The average Bonchev–Trinajstić information content (AvgIpc) is 2.57. The molecule has 100 valence electrons. The summed E-state index contributed by atoms with van der Waals surface area (Å²) in [5, 5.41) is 0.1000. The molecule has 19 heavy (non-hydrogen) atoms. The number of urea groups is 1. The van der Waals surface area contributed by atoms with E-state index in [9.17, 15) is 18.8 Å². The fourth-order valence-electron chi connectivity index (χ4n) is 1.81. The van der Waals surface area contributed by atoms with Gasteiger partial charge in [0, 0.05) is 17.1 Å². The Bertz CT molecular complexity index is 556. The topological polar surface area (TPSA) is 57.7 Å². The third-order valence-corrected chi connectivity index (χ3v) is 3.18. The summed E-state index contributed by atoms with van der Waals surface area (Å²) in [7, 11) is 0. The van der Waals surface area contributed by atoms with E-state index in [0.717, 1.165) is 4.90 Å². The van der Waals surface area contributed by atoms with Crippen LogP contribution in [0.2, 0.25) is 5.02 Å². The summed E-state index contributed by atoms with van der Waals surface area (Å²) in [5.41, 5.74) is 0.0108. The van der Waals surface area contributed by atoms with Gasteiger partial charge in [-0.2, -0.15) is 0 Å². The van der Waals surface area contributed by atoms with Crippen molar-refractivity contribution in [3.05, 3.63) is 34.6 Å². The van der Waals surface area contributed by atoms with Crippen LogP contribution in [0.3, 0.4) is 0 Å². The Balaban J connectivity index is 2.32. The van der Waals surface area contributed by atoms with Crippen LogP contribution >= 0.6 is 11.6 Å². The van der Waals surface area contributed by atoms with Crippen LogP contribution in [-0.2, 0) is 16.1 Å². The van der Waals surface area contributed by atoms with Gasteiger partial charge in [0.15, 0.2) is 0 Å². The standard InChI is InChI=1S/C12H10ClFN2O3/c1-2-15-10(17)11(18)16(12(15)19)6-7-8(13)4-3-5-9(7)14/h3-5H,2,6H2,1H3. The monoisotopic (exact) mass is 284 g/mol. The highest BCUT2D eigenvalue weighted by Gasteiger charge is 2.43. The van der Waals surface area contributed by atoms with E-state index in [-0.39, 0.29) is 23.7 Å². The molecule has 1 aliphatic heterocycles. The first-order valence-corrected chi connectivity index (χ1v) is 5.95. The van der Waals surface area contributed by atoms with Gasteiger partial charge in [0.25, 0.3) is 0 Å². The quantitative estimate of drug-likeness (QED) is 0.628. The first-order valence-electron chi connectivity index (χ1n) is 5.57. The maximum absolute atomic E-state index is 13.6. The molecule has 1 aliphatic rings. The first kappa shape index (κ1) is 13.5. The predicted octanol–water partition coefficient (Wildman–Crippen LogP) is 1.79. The van der Waals surface area contributed by atoms with Crippen LogP contribution in [-0.4, -0.2) is 34.2 Å². The Morgan fingerprint density at radius 3 is 2.32 bits per heavy atom. The molecule has 0 atom stereocenters. The van der Waals surface area contributed by atoms with Crippen LogP contribution in [0.15, 0.2) is 18.2 Å². The second-order valence-corrected chi connectivity index (χ2v) is 4.33. The van der Waals surface area contributed by atoms with Crippen molar-refractivity contribution < 1.29 is 18.8 Å². The summed E-state index contributed by atoms with van der Waals surface area (Å²) in [6.07, 6.45) is 0. The maximum atomic E-state index is 13.6. The summed E-state index contributed by atoms with van der Waals surface area (Å²) < 4.78 is 13.6. The van der Waals surface area contributed by atoms with Gasteiger partial charge < -0.3 is 0 Å². The van der Waals surface area contributed by atoms with E-state index in [1.807, 2.05) is 0 Å². The van der Waals surface area contributed by atoms with Gasteiger partial charge in [0.05, 0.1) is 6.54 Å². The molecule has 5 nitrogen and oxygen atoms in total. The Kier molecular flexibility index (Phi) is 3.53. The highest BCUT2D eigenvalue weighted by atomic mass is 35.5. The zero-order valence-electron chi connectivity index (χ0n) is 10.0. The van der Waals surface area contributed by atoms with Crippen LogP contribution in [0.1, 0.15) is 12.5 Å². The average molecular weight is 285 g/mol. The van der Waals surface area contributed by atoms with E-state index >= 15 is 0 Å². The molecule has 0 N–H and O–H groups in total. The second-order valence-electron chi connectivity index (χ2n) is 3.92. The summed E-state index contributed by atoms with van der Waals surface area (Å²) in [5.74, 6) is -2.50. The molecule has 1 fully saturated rings. The molecule has 0 aromatic heterocycles. The van der Waals surface area contributed by atoms with Gasteiger partial charge in [-0.1, -0.05) is 17.7 Å². The van der Waals surface area contributed by atoms with E-state index < -0.39 is 23.7 Å². The minimum absolute atomic E-state index is 0.0108. The van der Waals surface area contributed by atoms with Crippen LogP contribution in [0.25, 0.3) is 0 Å². The van der Waals surface area contributed by atoms with Crippen molar-refractivity contribution in [2.24, 2.45) is 0 Å². The first-order chi connectivity index (χ1) is 8.97. The molecule has 0 aliphatic carbocycles. The van der Waals surface area contributed by atoms with Crippen LogP contribution < -0.4 is 0 Å². The number of carbonyl (C=O) groups excluding carboxylic acids is 3. The molecule has 4 amide bonds. The van der Waals surface area contributed by atoms with E-state index in [1.54, 1.807) is 6.92 Å². The lowest BCUT2D eigenvalue weighted by molar-refractivity contribution is -0.143. The largest absolute Gasteiger partial charge is 0.334 e. The Labute approximate surface area is 113 Å². The van der Waals surface area contributed by atoms with Gasteiger partial charge in [-0.05, 0) is 19.1 Å². The van der Waals surface area contributed by atoms with E-state index in [1.165, 1.54) is 18.2 Å². The minimum Gasteiger partial charge on any atom is -0.263 e. The van der Waals surface area contributed by atoms with Gasteiger partial charge in [-0.15, -0.1) is 0 Å². The fraction of sp³-hybridized carbons (Fsp3) is 0.250. The Hall–Kier alpha value is -1.95. The SMILES string of the molecule is CCN1C(=O)C(=O)N(Cc2c(F)cccc2Cl)C1=O. The van der Waals surface area contributed by atoms with Crippen molar-refractivity contribution in [3.8, 4) is 0 Å². The maximum Gasteiger partial charge on any atom is 0.334 e. The molecule has 1 aromatic rings. The number of rotatable bonds is 3. The second kappa shape index (κ2) is 4.97. The molecule has 1 heterocycles. The lowest BCUT2D eigenvalue weighted by Gasteiger charge is -2.15. The van der Waals surface area contributed by atoms with Crippen molar-refractivity contribution in [3.63, 3.8) is 0 Å². The zero-order valence-corrected chi connectivity index (χ0v) is 10.8. The van der Waals surface area contributed by atoms with Crippen LogP contribution in [0, 0.1) is 5.82 Å². The van der Waals surface area contributed by atoms with Gasteiger partial charge in [-0.3, -0.25) is 19.4 Å². The molecule has 0 saturated carbocycles. The number of hydrogen-bond acceptors (Lipinski definition) is 3. The summed E-state index contributed by atoms with van der Waals surface area (Å²) in [4.78, 5) is 36.5. The van der Waals surface area contributed by atoms with E-state index in [0.29, 0.717) is 4.90 Å². The number of benzene rings is 1. The van der Waals surface area contributed by atoms with E-state index in [4.69, 9.17) is 11.6 Å². The number of amides is 4. The van der Waals surface area contributed by atoms with Crippen LogP contribution in [0.5, 0.6) is 0 Å². The Morgan fingerprint density at radius 1 is 1.16 bits per heavy atom. The lowest BCUT2D eigenvalue weighted by atomic mass is 10.2. The molecular weight excluding hydrogens is 275 g/mol. The zero-order chi connectivity index (χ0) is 14.2. The van der Waals surface area contributed by atoms with Crippen molar-refractivity contribution in [2.75, 3.05) is 6.54 Å². The van der Waals surface area contributed by atoms with Crippen molar-refractivity contribution in [1.82, 2.24) is 9.80 Å². The number of likely N-dealkylation sites (N-methyl/N-ethyl adjacent to an activating group) is 1. The molecule has 1 aromatic carbocycles. The van der Waals surface area contributed by atoms with E-state index in [2.05, 4.69) is 0 Å². The molecule has 0 spiro atoms. The minimum atomic E-state index is -0.967. The van der Waals surface area contributed by atoms with Gasteiger partial charge in [0.2, 0.25) is 0 Å². The molecule has 0 unspecified atom stereocenters.